The Balaban J connectivity index is 1.54. The van der Waals surface area contributed by atoms with Crippen molar-refractivity contribution >= 4 is 17.6 Å². The first-order valence-electron chi connectivity index (χ1n) is 7.83. The minimum Gasteiger partial charge on any atom is -0.288 e. The van der Waals surface area contributed by atoms with Gasteiger partial charge in [0, 0.05) is 25.1 Å². The average molecular weight is 307 g/mol. The third-order valence-corrected chi connectivity index (χ3v) is 4.35. The van der Waals surface area contributed by atoms with Gasteiger partial charge in [-0.25, -0.2) is 9.97 Å². The van der Waals surface area contributed by atoms with E-state index in [0.29, 0.717) is 11.5 Å². The van der Waals surface area contributed by atoms with E-state index in [1.165, 1.54) is 19.3 Å². The summed E-state index contributed by atoms with van der Waals surface area (Å²) in [5.74, 6) is 1.16. The van der Waals surface area contributed by atoms with Gasteiger partial charge in [0.25, 0.3) is 0 Å². The van der Waals surface area contributed by atoms with E-state index in [-0.39, 0.29) is 5.78 Å². The SMILES string of the molecule is O=C(C=Cc1ccnn1CC1CCC1)c1cnc2ncccn12. The number of aromatic nitrogens is 5. The number of carbonyl (C=O) groups is 1. The molecule has 0 N–H and O–H groups in total. The van der Waals surface area contributed by atoms with E-state index in [1.807, 2.05) is 16.8 Å². The van der Waals surface area contributed by atoms with Crippen molar-refractivity contribution in [1.29, 1.82) is 0 Å². The van der Waals surface area contributed by atoms with Crippen LogP contribution in [0, 0.1) is 5.92 Å². The first-order chi connectivity index (χ1) is 11.3. The molecule has 6 nitrogen and oxygen atoms in total. The highest BCUT2D eigenvalue weighted by Gasteiger charge is 2.18. The van der Waals surface area contributed by atoms with Gasteiger partial charge in [0.15, 0.2) is 0 Å². The molecule has 3 aromatic rings. The lowest BCUT2D eigenvalue weighted by Gasteiger charge is -2.25. The van der Waals surface area contributed by atoms with Crippen molar-refractivity contribution in [3.63, 3.8) is 0 Å². The predicted octanol–water partition coefficient (Wildman–Crippen LogP) is 2.62. The monoisotopic (exact) mass is 307 g/mol. The van der Waals surface area contributed by atoms with Crippen molar-refractivity contribution in [2.45, 2.75) is 25.8 Å². The van der Waals surface area contributed by atoms with Crippen molar-refractivity contribution in [1.82, 2.24) is 24.1 Å². The number of nitrogens with zero attached hydrogens (tertiary/aromatic N) is 5. The molecule has 0 bridgehead atoms. The van der Waals surface area contributed by atoms with Crippen molar-refractivity contribution in [2.75, 3.05) is 0 Å². The highest BCUT2D eigenvalue weighted by atomic mass is 16.1. The summed E-state index contributed by atoms with van der Waals surface area (Å²) < 4.78 is 3.67. The highest BCUT2D eigenvalue weighted by Crippen LogP contribution is 2.28. The Morgan fingerprint density at radius 1 is 1.30 bits per heavy atom. The Hall–Kier alpha value is -2.76. The van der Waals surface area contributed by atoms with Crippen molar-refractivity contribution in [3.8, 4) is 0 Å². The fourth-order valence-electron chi connectivity index (χ4n) is 2.81. The van der Waals surface area contributed by atoms with Gasteiger partial charge in [-0.05, 0) is 43.0 Å². The maximum Gasteiger partial charge on any atom is 0.234 e. The molecule has 4 rings (SSSR count). The van der Waals surface area contributed by atoms with Crippen LogP contribution in [-0.4, -0.2) is 29.9 Å². The van der Waals surface area contributed by atoms with Crippen molar-refractivity contribution in [2.24, 2.45) is 5.92 Å². The summed E-state index contributed by atoms with van der Waals surface area (Å²) in [5.41, 5.74) is 1.46. The minimum atomic E-state index is -0.0955. The molecular weight excluding hydrogens is 290 g/mol. The van der Waals surface area contributed by atoms with E-state index in [4.69, 9.17) is 0 Å². The van der Waals surface area contributed by atoms with Crippen LogP contribution in [-0.2, 0) is 6.54 Å². The summed E-state index contributed by atoms with van der Waals surface area (Å²) >= 11 is 0. The second kappa shape index (κ2) is 5.79. The molecule has 0 unspecified atom stereocenters. The van der Waals surface area contributed by atoms with Crippen molar-refractivity contribution in [3.05, 3.63) is 54.4 Å². The molecule has 3 heterocycles. The summed E-state index contributed by atoms with van der Waals surface area (Å²) in [4.78, 5) is 20.7. The quantitative estimate of drug-likeness (QED) is 0.537. The lowest BCUT2D eigenvalue weighted by Crippen LogP contribution is -2.19. The molecule has 1 aliphatic carbocycles. The van der Waals surface area contributed by atoms with Gasteiger partial charge >= 0.3 is 0 Å². The van der Waals surface area contributed by atoms with E-state index >= 15 is 0 Å². The first-order valence-corrected chi connectivity index (χ1v) is 7.83. The number of rotatable bonds is 5. The molecule has 0 radical (unpaired) electrons. The zero-order chi connectivity index (χ0) is 15.6. The Labute approximate surface area is 133 Å². The van der Waals surface area contributed by atoms with E-state index in [2.05, 4.69) is 15.1 Å². The van der Waals surface area contributed by atoms with Gasteiger partial charge in [-0.2, -0.15) is 5.10 Å². The van der Waals surface area contributed by atoms with E-state index in [1.54, 1.807) is 41.3 Å². The number of fused-ring (bicyclic) bond motifs is 1. The van der Waals surface area contributed by atoms with Crippen LogP contribution in [0.3, 0.4) is 0 Å². The fourth-order valence-corrected chi connectivity index (χ4v) is 2.81. The molecule has 116 valence electrons. The molecule has 3 aromatic heterocycles. The Morgan fingerprint density at radius 3 is 3.04 bits per heavy atom. The van der Waals surface area contributed by atoms with Crippen LogP contribution in [0.2, 0.25) is 0 Å². The molecule has 0 saturated heterocycles. The van der Waals surface area contributed by atoms with Gasteiger partial charge in [0.2, 0.25) is 11.6 Å². The summed E-state index contributed by atoms with van der Waals surface area (Å²) in [6.07, 6.45) is 14.0. The van der Waals surface area contributed by atoms with Crippen LogP contribution >= 0.6 is 0 Å². The Morgan fingerprint density at radius 2 is 2.22 bits per heavy atom. The molecule has 1 aliphatic rings. The average Bonchev–Trinajstić information content (AvgIpc) is 3.15. The van der Waals surface area contributed by atoms with Gasteiger partial charge < -0.3 is 0 Å². The minimum absolute atomic E-state index is 0.0955. The standard InChI is InChI=1S/C17H17N5O/c23-16(15-11-19-17-18-8-2-10-21(15)17)6-5-14-7-9-20-22(14)12-13-3-1-4-13/h2,5-11,13H,1,3-4,12H2. The van der Waals surface area contributed by atoms with Gasteiger partial charge in [0.1, 0.15) is 5.69 Å². The molecule has 0 aromatic carbocycles. The highest BCUT2D eigenvalue weighted by molar-refractivity contribution is 6.05. The van der Waals surface area contributed by atoms with Crippen molar-refractivity contribution < 1.29 is 4.79 Å². The summed E-state index contributed by atoms with van der Waals surface area (Å²) in [6, 6.07) is 3.71. The number of hydrogen-bond donors (Lipinski definition) is 0. The molecular formula is C17H17N5O. The number of imidazole rings is 1. The number of allylic oxidation sites excluding steroid dienone is 1. The van der Waals surface area contributed by atoms with Gasteiger partial charge in [-0.1, -0.05) is 6.42 Å². The van der Waals surface area contributed by atoms with Gasteiger partial charge in [0.05, 0.1) is 11.9 Å². The number of ketones is 1. The van der Waals surface area contributed by atoms with Gasteiger partial charge in [-0.15, -0.1) is 0 Å². The molecule has 0 aliphatic heterocycles. The topological polar surface area (TPSA) is 65.1 Å². The third kappa shape index (κ3) is 2.67. The molecule has 0 atom stereocenters. The lowest BCUT2D eigenvalue weighted by atomic mass is 9.85. The number of carbonyl (C=O) groups excluding carboxylic acids is 1. The molecule has 1 saturated carbocycles. The maximum atomic E-state index is 12.4. The Kier molecular flexibility index (Phi) is 3.49. The Bertz CT molecular complexity index is 872. The lowest BCUT2D eigenvalue weighted by molar-refractivity contribution is 0.104. The largest absolute Gasteiger partial charge is 0.288 e. The molecule has 0 spiro atoms. The van der Waals surface area contributed by atoms with Crippen LogP contribution in [0.25, 0.3) is 11.9 Å². The fraction of sp³-hybridized carbons (Fsp3) is 0.294. The second-order valence-corrected chi connectivity index (χ2v) is 5.87. The van der Waals surface area contributed by atoms with Crippen LogP contribution in [0.15, 0.2) is 43.0 Å². The predicted molar refractivity (Wildman–Crippen MR) is 85.9 cm³/mol. The van der Waals surface area contributed by atoms with E-state index in [0.717, 1.165) is 18.2 Å². The number of hydrogen-bond acceptors (Lipinski definition) is 4. The maximum absolute atomic E-state index is 12.4. The third-order valence-electron chi connectivity index (χ3n) is 4.35. The van der Waals surface area contributed by atoms with E-state index < -0.39 is 0 Å². The summed E-state index contributed by atoms with van der Waals surface area (Å²) in [6.45, 7) is 0.931. The molecule has 1 fully saturated rings. The van der Waals surface area contributed by atoms with Crippen LogP contribution in [0.4, 0.5) is 0 Å². The summed E-state index contributed by atoms with van der Waals surface area (Å²) in [7, 11) is 0. The summed E-state index contributed by atoms with van der Waals surface area (Å²) in [5, 5.41) is 4.36. The van der Waals surface area contributed by atoms with Crippen LogP contribution in [0.5, 0.6) is 0 Å². The second-order valence-electron chi connectivity index (χ2n) is 5.87. The van der Waals surface area contributed by atoms with Crippen LogP contribution in [0.1, 0.15) is 35.4 Å². The van der Waals surface area contributed by atoms with Crippen LogP contribution < -0.4 is 0 Å². The zero-order valence-corrected chi connectivity index (χ0v) is 12.7. The molecule has 23 heavy (non-hydrogen) atoms. The molecule has 6 heteroatoms. The normalized spacial score (nSPS) is 15.3. The molecule has 0 amide bonds. The van der Waals surface area contributed by atoms with E-state index in [9.17, 15) is 4.79 Å². The zero-order valence-electron chi connectivity index (χ0n) is 12.7. The first kappa shape index (κ1) is 13.9. The smallest absolute Gasteiger partial charge is 0.234 e. The van der Waals surface area contributed by atoms with Gasteiger partial charge in [-0.3, -0.25) is 13.9 Å².